The van der Waals surface area contributed by atoms with Crippen LogP contribution in [0.1, 0.15) is 25.3 Å². The van der Waals surface area contributed by atoms with Crippen molar-refractivity contribution in [2.75, 3.05) is 0 Å². The summed E-state index contributed by atoms with van der Waals surface area (Å²) in [6.07, 6.45) is 0. The normalized spacial score (nSPS) is 11.1. The van der Waals surface area contributed by atoms with Gasteiger partial charge in [-0.25, -0.2) is 17.6 Å². The Kier molecular flexibility index (Phi) is 3.04. The zero-order chi connectivity index (χ0) is 11.0. The number of rotatable bonds is 1. The fourth-order valence-electron chi connectivity index (χ4n) is 1.13. The SMILES string of the molecule is CC(C)c1c(F)c(F)c(F)c(Cl)c1F. The van der Waals surface area contributed by atoms with Crippen LogP contribution in [-0.4, -0.2) is 0 Å². The summed E-state index contributed by atoms with van der Waals surface area (Å²) < 4.78 is 51.7. The molecule has 0 bridgehead atoms. The van der Waals surface area contributed by atoms with E-state index in [0.717, 1.165) is 0 Å². The third kappa shape index (κ3) is 1.59. The van der Waals surface area contributed by atoms with Crippen molar-refractivity contribution in [3.8, 4) is 0 Å². The molecule has 0 amide bonds. The lowest BCUT2D eigenvalue weighted by molar-refractivity contribution is 0.421. The summed E-state index contributed by atoms with van der Waals surface area (Å²) in [7, 11) is 0. The minimum atomic E-state index is -1.74. The fourth-order valence-corrected chi connectivity index (χ4v) is 1.31. The molecule has 0 aliphatic heterocycles. The van der Waals surface area contributed by atoms with Crippen LogP contribution in [0.2, 0.25) is 5.02 Å². The molecule has 78 valence electrons. The van der Waals surface area contributed by atoms with Crippen LogP contribution in [0.15, 0.2) is 0 Å². The van der Waals surface area contributed by atoms with Crippen LogP contribution >= 0.6 is 11.6 Å². The second kappa shape index (κ2) is 3.77. The molecule has 0 saturated heterocycles. The quantitative estimate of drug-likeness (QED) is 0.385. The van der Waals surface area contributed by atoms with E-state index in [2.05, 4.69) is 0 Å². The van der Waals surface area contributed by atoms with Crippen LogP contribution < -0.4 is 0 Å². The van der Waals surface area contributed by atoms with Gasteiger partial charge in [-0.2, -0.15) is 0 Å². The number of halogens is 5. The van der Waals surface area contributed by atoms with Crippen molar-refractivity contribution in [3.05, 3.63) is 33.9 Å². The first-order valence-corrected chi connectivity index (χ1v) is 4.27. The van der Waals surface area contributed by atoms with Crippen molar-refractivity contribution in [1.82, 2.24) is 0 Å². The molecular weight excluding hydrogens is 220 g/mol. The minimum Gasteiger partial charge on any atom is -0.205 e. The Morgan fingerprint density at radius 3 is 1.79 bits per heavy atom. The molecule has 0 N–H and O–H groups in total. The van der Waals surface area contributed by atoms with Gasteiger partial charge in [-0.15, -0.1) is 0 Å². The molecule has 0 spiro atoms. The van der Waals surface area contributed by atoms with Crippen LogP contribution in [0.4, 0.5) is 17.6 Å². The smallest absolute Gasteiger partial charge is 0.196 e. The molecule has 0 aliphatic rings. The maximum atomic E-state index is 13.2. The van der Waals surface area contributed by atoms with Crippen molar-refractivity contribution in [2.45, 2.75) is 19.8 Å². The Labute approximate surface area is 83.5 Å². The monoisotopic (exact) mass is 226 g/mol. The molecule has 0 saturated carbocycles. The lowest BCUT2D eigenvalue weighted by Gasteiger charge is -2.11. The molecule has 0 atom stereocenters. The summed E-state index contributed by atoms with van der Waals surface area (Å²) in [4.78, 5) is 0. The van der Waals surface area contributed by atoms with Crippen molar-refractivity contribution >= 4 is 11.6 Å². The number of hydrogen-bond donors (Lipinski definition) is 0. The molecule has 0 unspecified atom stereocenters. The van der Waals surface area contributed by atoms with E-state index in [1.807, 2.05) is 0 Å². The molecule has 1 aromatic rings. The topological polar surface area (TPSA) is 0 Å². The zero-order valence-corrected chi connectivity index (χ0v) is 8.22. The van der Waals surface area contributed by atoms with Gasteiger partial charge in [0.25, 0.3) is 0 Å². The summed E-state index contributed by atoms with van der Waals surface area (Å²) in [5.41, 5.74) is -0.533. The van der Waals surface area contributed by atoms with Crippen molar-refractivity contribution in [2.24, 2.45) is 0 Å². The van der Waals surface area contributed by atoms with E-state index in [0.29, 0.717) is 0 Å². The predicted octanol–water partition coefficient (Wildman–Crippen LogP) is 4.02. The summed E-state index contributed by atoms with van der Waals surface area (Å²) >= 11 is 5.15. The van der Waals surface area contributed by atoms with Crippen molar-refractivity contribution in [3.63, 3.8) is 0 Å². The van der Waals surface area contributed by atoms with E-state index >= 15 is 0 Å². The average molecular weight is 227 g/mol. The molecule has 0 radical (unpaired) electrons. The minimum absolute atomic E-state index is 0.533. The van der Waals surface area contributed by atoms with Gasteiger partial charge in [0.05, 0.1) is 0 Å². The van der Waals surface area contributed by atoms with Crippen LogP contribution in [0.3, 0.4) is 0 Å². The molecule has 5 heteroatoms. The van der Waals surface area contributed by atoms with Crippen molar-refractivity contribution < 1.29 is 17.6 Å². The first-order valence-electron chi connectivity index (χ1n) is 3.89. The molecule has 0 fully saturated rings. The van der Waals surface area contributed by atoms with Gasteiger partial charge in [-0.05, 0) is 5.92 Å². The fraction of sp³-hybridized carbons (Fsp3) is 0.333. The third-order valence-corrected chi connectivity index (χ3v) is 2.15. The van der Waals surface area contributed by atoms with Gasteiger partial charge in [0.2, 0.25) is 0 Å². The molecule has 0 nitrogen and oxygen atoms in total. The predicted molar refractivity (Wildman–Crippen MR) is 45.4 cm³/mol. The van der Waals surface area contributed by atoms with Gasteiger partial charge in [-0.1, -0.05) is 25.4 Å². The highest BCUT2D eigenvalue weighted by Crippen LogP contribution is 2.31. The molecule has 1 aromatic carbocycles. The Hall–Kier alpha value is -0.770. The first-order chi connectivity index (χ1) is 6.37. The standard InChI is InChI=1S/C9H7ClF4/c1-3(2)4-6(11)5(10)8(13)9(14)7(4)12/h3H,1-2H3. The van der Waals surface area contributed by atoms with E-state index in [9.17, 15) is 17.6 Å². The van der Waals surface area contributed by atoms with Gasteiger partial charge in [-0.3, -0.25) is 0 Å². The van der Waals surface area contributed by atoms with E-state index in [1.165, 1.54) is 13.8 Å². The molecule has 14 heavy (non-hydrogen) atoms. The van der Waals surface area contributed by atoms with Crippen LogP contribution in [-0.2, 0) is 0 Å². The van der Waals surface area contributed by atoms with E-state index < -0.39 is 39.8 Å². The summed E-state index contributed by atoms with van der Waals surface area (Å²) in [5.74, 6) is -6.79. The Balaban J connectivity index is 3.60. The van der Waals surface area contributed by atoms with Gasteiger partial charge < -0.3 is 0 Å². The van der Waals surface area contributed by atoms with Crippen molar-refractivity contribution in [1.29, 1.82) is 0 Å². The second-order valence-corrected chi connectivity index (χ2v) is 3.52. The largest absolute Gasteiger partial charge is 0.205 e. The lowest BCUT2D eigenvalue weighted by atomic mass is 10.0. The van der Waals surface area contributed by atoms with Gasteiger partial charge >= 0.3 is 0 Å². The maximum absolute atomic E-state index is 13.2. The lowest BCUT2D eigenvalue weighted by Crippen LogP contribution is -2.05. The second-order valence-electron chi connectivity index (χ2n) is 3.14. The van der Waals surface area contributed by atoms with E-state index in [1.54, 1.807) is 0 Å². The highest BCUT2D eigenvalue weighted by Gasteiger charge is 2.25. The van der Waals surface area contributed by atoms with E-state index in [4.69, 9.17) is 11.6 Å². The van der Waals surface area contributed by atoms with Gasteiger partial charge in [0.1, 0.15) is 5.02 Å². The molecule has 0 heterocycles. The highest BCUT2D eigenvalue weighted by atomic mass is 35.5. The number of hydrogen-bond acceptors (Lipinski definition) is 0. The molecular formula is C9H7ClF4. The zero-order valence-electron chi connectivity index (χ0n) is 7.47. The summed E-state index contributed by atoms with van der Waals surface area (Å²) in [6, 6.07) is 0. The van der Waals surface area contributed by atoms with Gasteiger partial charge in [0.15, 0.2) is 23.3 Å². The average Bonchev–Trinajstić information content (AvgIpc) is 2.11. The summed E-state index contributed by atoms with van der Waals surface area (Å²) in [6.45, 7) is 2.91. The molecule has 0 aromatic heterocycles. The van der Waals surface area contributed by atoms with Gasteiger partial charge in [0, 0.05) is 5.56 Å². The third-order valence-electron chi connectivity index (χ3n) is 1.82. The highest BCUT2D eigenvalue weighted by molar-refractivity contribution is 6.31. The van der Waals surface area contributed by atoms with E-state index in [-0.39, 0.29) is 0 Å². The van der Waals surface area contributed by atoms with Crippen LogP contribution in [0, 0.1) is 23.3 Å². The maximum Gasteiger partial charge on any atom is 0.196 e. The van der Waals surface area contributed by atoms with Crippen LogP contribution in [0.5, 0.6) is 0 Å². The molecule has 1 rings (SSSR count). The Bertz CT molecular complexity index is 345. The first kappa shape index (κ1) is 11.3. The number of benzene rings is 1. The molecule has 0 aliphatic carbocycles. The Morgan fingerprint density at radius 1 is 0.857 bits per heavy atom. The summed E-state index contributed by atoms with van der Waals surface area (Å²) in [5, 5.41) is -1.01. The Morgan fingerprint density at radius 2 is 1.36 bits per heavy atom. The van der Waals surface area contributed by atoms with Crippen LogP contribution in [0.25, 0.3) is 0 Å².